The predicted octanol–water partition coefficient (Wildman–Crippen LogP) is 5.00. The first kappa shape index (κ1) is 18.8. The van der Waals surface area contributed by atoms with E-state index in [2.05, 4.69) is 15.5 Å². The Hall–Kier alpha value is -2.02. The summed E-state index contributed by atoms with van der Waals surface area (Å²) in [5.74, 6) is -0.182. The standard InChI is InChI=1S/C18H16Cl2N4OS/c1-11-5-3-4-6-16(11)24-10-21-23-18(24)26-12(2)17(25)22-15-8-7-13(19)9-14(15)20/h3-10,12H,1-2H3,(H,22,25). The van der Waals surface area contributed by atoms with Gasteiger partial charge in [-0.3, -0.25) is 9.36 Å². The first-order chi connectivity index (χ1) is 12.5. The minimum Gasteiger partial charge on any atom is -0.324 e. The molecule has 0 radical (unpaired) electrons. The van der Waals surface area contributed by atoms with Crippen LogP contribution in [-0.4, -0.2) is 25.9 Å². The molecule has 0 spiro atoms. The minimum atomic E-state index is -0.395. The minimum absolute atomic E-state index is 0.182. The van der Waals surface area contributed by atoms with Gasteiger partial charge in [0.05, 0.1) is 21.6 Å². The number of carbonyl (C=O) groups excluding carboxylic acids is 1. The molecule has 26 heavy (non-hydrogen) atoms. The second kappa shape index (κ2) is 8.12. The highest BCUT2D eigenvalue weighted by Gasteiger charge is 2.19. The maximum absolute atomic E-state index is 12.5. The molecule has 0 aliphatic heterocycles. The summed E-state index contributed by atoms with van der Waals surface area (Å²) in [6.07, 6.45) is 1.64. The molecule has 3 aromatic rings. The van der Waals surface area contributed by atoms with Gasteiger partial charge < -0.3 is 5.32 Å². The van der Waals surface area contributed by atoms with Crippen LogP contribution in [0.1, 0.15) is 12.5 Å². The van der Waals surface area contributed by atoms with Gasteiger partial charge in [-0.2, -0.15) is 0 Å². The van der Waals surface area contributed by atoms with Gasteiger partial charge in [0.2, 0.25) is 5.91 Å². The Morgan fingerprint density at radius 2 is 2.00 bits per heavy atom. The van der Waals surface area contributed by atoms with Crippen molar-refractivity contribution in [1.82, 2.24) is 14.8 Å². The molecule has 1 N–H and O–H groups in total. The number of thioether (sulfide) groups is 1. The number of hydrogen-bond donors (Lipinski definition) is 1. The molecule has 3 rings (SSSR count). The second-order valence-corrected chi connectivity index (χ2v) is 7.80. The van der Waals surface area contributed by atoms with E-state index < -0.39 is 5.25 Å². The summed E-state index contributed by atoms with van der Waals surface area (Å²) in [5.41, 5.74) is 2.60. The van der Waals surface area contributed by atoms with Gasteiger partial charge in [0, 0.05) is 5.02 Å². The van der Waals surface area contributed by atoms with E-state index in [1.807, 2.05) is 35.8 Å². The molecule has 0 aliphatic carbocycles. The van der Waals surface area contributed by atoms with Crippen LogP contribution < -0.4 is 5.32 Å². The monoisotopic (exact) mass is 406 g/mol. The second-order valence-electron chi connectivity index (χ2n) is 5.64. The topological polar surface area (TPSA) is 59.8 Å². The van der Waals surface area contributed by atoms with Gasteiger partial charge in [0.1, 0.15) is 6.33 Å². The highest BCUT2D eigenvalue weighted by molar-refractivity contribution is 8.00. The number of anilines is 1. The first-order valence-corrected chi connectivity index (χ1v) is 9.48. The molecular weight excluding hydrogens is 391 g/mol. The van der Waals surface area contributed by atoms with Gasteiger partial charge in [-0.15, -0.1) is 10.2 Å². The van der Waals surface area contributed by atoms with Crippen LogP contribution in [0.5, 0.6) is 0 Å². The van der Waals surface area contributed by atoms with Crippen molar-refractivity contribution in [2.75, 3.05) is 5.32 Å². The average Bonchev–Trinajstić information content (AvgIpc) is 3.05. The van der Waals surface area contributed by atoms with Gasteiger partial charge in [-0.05, 0) is 43.7 Å². The zero-order chi connectivity index (χ0) is 18.7. The third kappa shape index (κ3) is 4.20. The molecule has 5 nitrogen and oxygen atoms in total. The molecule has 0 aliphatic rings. The number of nitrogens with one attached hydrogen (secondary N) is 1. The zero-order valence-corrected chi connectivity index (χ0v) is 16.4. The zero-order valence-electron chi connectivity index (χ0n) is 14.1. The van der Waals surface area contributed by atoms with Crippen molar-refractivity contribution in [3.63, 3.8) is 0 Å². The van der Waals surface area contributed by atoms with Crippen LogP contribution in [0.3, 0.4) is 0 Å². The molecule has 0 saturated carbocycles. The van der Waals surface area contributed by atoms with E-state index in [0.717, 1.165) is 11.3 Å². The van der Waals surface area contributed by atoms with E-state index in [0.29, 0.717) is 20.9 Å². The SMILES string of the molecule is Cc1ccccc1-n1cnnc1SC(C)C(=O)Nc1ccc(Cl)cc1Cl. The molecule has 2 aromatic carbocycles. The van der Waals surface area contributed by atoms with Crippen molar-refractivity contribution < 1.29 is 4.79 Å². The Labute approximate surface area is 165 Å². The third-order valence-corrected chi connectivity index (χ3v) is 5.34. The normalized spacial score (nSPS) is 12.0. The summed E-state index contributed by atoms with van der Waals surface area (Å²) in [6.45, 7) is 3.82. The first-order valence-electron chi connectivity index (χ1n) is 7.84. The summed E-state index contributed by atoms with van der Waals surface area (Å²) in [6, 6.07) is 12.9. The number of halogens is 2. The molecule has 1 heterocycles. The fourth-order valence-corrected chi connectivity index (χ4v) is 3.63. The van der Waals surface area contributed by atoms with E-state index in [1.54, 1.807) is 31.5 Å². The van der Waals surface area contributed by atoms with E-state index in [-0.39, 0.29) is 5.91 Å². The number of para-hydroxylation sites is 1. The Balaban J connectivity index is 1.74. The van der Waals surface area contributed by atoms with Crippen molar-refractivity contribution in [1.29, 1.82) is 0 Å². The van der Waals surface area contributed by atoms with Crippen LogP contribution in [0.4, 0.5) is 5.69 Å². The average molecular weight is 407 g/mol. The molecule has 1 atom stereocenters. The van der Waals surface area contributed by atoms with Crippen LogP contribution in [0, 0.1) is 6.92 Å². The number of amides is 1. The number of rotatable bonds is 5. The van der Waals surface area contributed by atoms with E-state index in [4.69, 9.17) is 23.2 Å². The Kier molecular flexibility index (Phi) is 5.86. The van der Waals surface area contributed by atoms with Gasteiger partial charge >= 0.3 is 0 Å². The van der Waals surface area contributed by atoms with E-state index in [9.17, 15) is 4.79 Å². The summed E-state index contributed by atoms with van der Waals surface area (Å²) in [4.78, 5) is 12.5. The number of nitrogens with zero attached hydrogens (tertiary/aromatic N) is 3. The Bertz CT molecular complexity index is 944. The van der Waals surface area contributed by atoms with Crippen LogP contribution >= 0.6 is 35.0 Å². The lowest BCUT2D eigenvalue weighted by Crippen LogP contribution is -2.23. The molecular formula is C18H16Cl2N4OS. The lowest BCUT2D eigenvalue weighted by molar-refractivity contribution is -0.115. The fraction of sp³-hybridized carbons (Fsp3) is 0.167. The summed E-state index contributed by atoms with van der Waals surface area (Å²) >= 11 is 13.3. The molecule has 0 saturated heterocycles. The maximum atomic E-state index is 12.5. The van der Waals surface area contributed by atoms with Crippen LogP contribution in [0.2, 0.25) is 10.0 Å². The lowest BCUT2D eigenvalue weighted by Gasteiger charge is -2.14. The van der Waals surface area contributed by atoms with E-state index >= 15 is 0 Å². The summed E-state index contributed by atoms with van der Waals surface area (Å²) in [7, 11) is 0. The van der Waals surface area contributed by atoms with Gasteiger partial charge in [-0.1, -0.05) is 53.2 Å². The van der Waals surface area contributed by atoms with Crippen LogP contribution in [0.15, 0.2) is 53.9 Å². The Morgan fingerprint density at radius 1 is 1.23 bits per heavy atom. The maximum Gasteiger partial charge on any atom is 0.237 e. The molecule has 0 fully saturated rings. The molecule has 0 bridgehead atoms. The predicted molar refractivity (Wildman–Crippen MR) is 107 cm³/mol. The molecule has 1 amide bonds. The van der Waals surface area contributed by atoms with Gasteiger partial charge in [-0.25, -0.2) is 0 Å². The highest BCUT2D eigenvalue weighted by atomic mass is 35.5. The number of hydrogen-bond acceptors (Lipinski definition) is 4. The van der Waals surface area contributed by atoms with Crippen molar-refractivity contribution in [3.8, 4) is 5.69 Å². The lowest BCUT2D eigenvalue weighted by atomic mass is 10.2. The fourth-order valence-electron chi connectivity index (χ4n) is 2.34. The third-order valence-electron chi connectivity index (χ3n) is 3.73. The molecule has 1 unspecified atom stereocenters. The van der Waals surface area contributed by atoms with Gasteiger partial charge in [0.25, 0.3) is 0 Å². The van der Waals surface area contributed by atoms with Crippen molar-refractivity contribution in [3.05, 3.63) is 64.4 Å². The summed E-state index contributed by atoms with van der Waals surface area (Å²) < 4.78 is 1.87. The van der Waals surface area contributed by atoms with Crippen molar-refractivity contribution in [2.45, 2.75) is 24.3 Å². The number of aromatic nitrogens is 3. The quantitative estimate of drug-likeness (QED) is 0.605. The number of carbonyl (C=O) groups is 1. The largest absolute Gasteiger partial charge is 0.324 e. The highest BCUT2D eigenvalue weighted by Crippen LogP contribution is 2.28. The molecule has 1 aromatic heterocycles. The van der Waals surface area contributed by atoms with E-state index in [1.165, 1.54) is 11.8 Å². The molecule has 134 valence electrons. The van der Waals surface area contributed by atoms with Crippen LogP contribution in [0.25, 0.3) is 5.69 Å². The summed E-state index contributed by atoms with van der Waals surface area (Å²) in [5, 5.41) is 12.1. The van der Waals surface area contributed by atoms with Crippen molar-refractivity contribution in [2.24, 2.45) is 0 Å². The molecule has 8 heteroatoms. The smallest absolute Gasteiger partial charge is 0.237 e. The van der Waals surface area contributed by atoms with Crippen LogP contribution in [-0.2, 0) is 4.79 Å². The van der Waals surface area contributed by atoms with Gasteiger partial charge in [0.15, 0.2) is 5.16 Å². The Morgan fingerprint density at radius 3 is 2.73 bits per heavy atom. The van der Waals surface area contributed by atoms with Crippen molar-refractivity contribution >= 4 is 46.6 Å². The number of aryl methyl sites for hydroxylation is 1. The number of benzene rings is 2.